The van der Waals surface area contributed by atoms with Crippen molar-refractivity contribution in [1.82, 2.24) is 0 Å². The number of rotatable bonds is 4. The van der Waals surface area contributed by atoms with Crippen LogP contribution in [0, 0.1) is 5.92 Å². The quantitative estimate of drug-likeness (QED) is 0.764. The minimum absolute atomic E-state index is 0.0206. The number of hydrogen-bond acceptors (Lipinski definition) is 3. The van der Waals surface area contributed by atoms with E-state index >= 15 is 0 Å². The standard InChI is InChI=1S/C11H16O3/c1-8(7-12)11(13)9-3-5-10(14-2)6-4-9/h3-6,8,11-13H,7H2,1-2H3/t8-,11+/m1/s1. The number of aliphatic hydroxyl groups is 2. The van der Waals surface area contributed by atoms with Crippen molar-refractivity contribution in [3.63, 3.8) is 0 Å². The molecule has 0 aromatic heterocycles. The Morgan fingerprint density at radius 2 is 1.86 bits per heavy atom. The third-order valence-corrected chi connectivity index (χ3v) is 2.28. The van der Waals surface area contributed by atoms with Gasteiger partial charge >= 0.3 is 0 Å². The van der Waals surface area contributed by atoms with E-state index in [-0.39, 0.29) is 12.5 Å². The predicted octanol–water partition coefficient (Wildman–Crippen LogP) is 1.36. The molecule has 0 saturated heterocycles. The highest BCUT2D eigenvalue weighted by Gasteiger charge is 2.14. The largest absolute Gasteiger partial charge is 0.497 e. The molecule has 14 heavy (non-hydrogen) atoms. The average molecular weight is 196 g/mol. The van der Waals surface area contributed by atoms with E-state index in [0.717, 1.165) is 11.3 Å². The zero-order valence-electron chi connectivity index (χ0n) is 8.47. The van der Waals surface area contributed by atoms with E-state index in [1.54, 1.807) is 38.3 Å². The first-order chi connectivity index (χ1) is 6.69. The van der Waals surface area contributed by atoms with Gasteiger partial charge in [0.05, 0.1) is 13.2 Å². The summed E-state index contributed by atoms with van der Waals surface area (Å²) in [5.41, 5.74) is 0.798. The lowest BCUT2D eigenvalue weighted by Crippen LogP contribution is -2.12. The van der Waals surface area contributed by atoms with Gasteiger partial charge in [0.2, 0.25) is 0 Å². The maximum absolute atomic E-state index is 9.75. The molecule has 2 N–H and O–H groups in total. The second kappa shape index (κ2) is 4.98. The lowest BCUT2D eigenvalue weighted by molar-refractivity contribution is 0.0770. The molecule has 0 unspecified atom stereocenters. The van der Waals surface area contributed by atoms with Crippen LogP contribution in [0.5, 0.6) is 5.75 Å². The number of hydrogen-bond donors (Lipinski definition) is 2. The van der Waals surface area contributed by atoms with E-state index in [2.05, 4.69) is 0 Å². The molecule has 0 bridgehead atoms. The lowest BCUT2D eigenvalue weighted by atomic mass is 9.98. The van der Waals surface area contributed by atoms with Gasteiger partial charge in [-0.05, 0) is 17.7 Å². The average Bonchev–Trinajstić information content (AvgIpc) is 2.27. The summed E-state index contributed by atoms with van der Waals surface area (Å²) in [6, 6.07) is 7.19. The van der Waals surface area contributed by atoms with Crippen molar-refractivity contribution in [1.29, 1.82) is 0 Å². The summed E-state index contributed by atoms with van der Waals surface area (Å²) in [4.78, 5) is 0. The van der Waals surface area contributed by atoms with Crippen LogP contribution in [0.1, 0.15) is 18.6 Å². The monoisotopic (exact) mass is 196 g/mol. The summed E-state index contributed by atoms with van der Waals surface area (Å²) < 4.78 is 5.00. The molecular formula is C11H16O3. The number of benzene rings is 1. The molecule has 0 aliphatic heterocycles. The van der Waals surface area contributed by atoms with E-state index in [1.165, 1.54) is 0 Å². The van der Waals surface area contributed by atoms with Crippen molar-refractivity contribution in [2.45, 2.75) is 13.0 Å². The second-order valence-corrected chi connectivity index (χ2v) is 3.38. The van der Waals surface area contributed by atoms with Crippen LogP contribution in [0.3, 0.4) is 0 Å². The normalized spacial score (nSPS) is 14.9. The van der Waals surface area contributed by atoms with Gasteiger partial charge in [0, 0.05) is 12.5 Å². The maximum Gasteiger partial charge on any atom is 0.118 e. The maximum atomic E-state index is 9.75. The van der Waals surface area contributed by atoms with Gasteiger partial charge in [-0.3, -0.25) is 0 Å². The van der Waals surface area contributed by atoms with Gasteiger partial charge in [-0.15, -0.1) is 0 Å². The highest BCUT2D eigenvalue weighted by Crippen LogP contribution is 2.23. The molecule has 1 rings (SSSR count). The fourth-order valence-electron chi connectivity index (χ4n) is 1.23. The predicted molar refractivity (Wildman–Crippen MR) is 54.2 cm³/mol. The molecule has 0 saturated carbocycles. The zero-order valence-corrected chi connectivity index (χ0v) is 8.47. The summed E-state index contributed by atoms with van der Waals surface area (Å²) in [6.45, 7) is 1.78. The van der Waals surface area contributed by atoms with Crippen molar-refractivity contribution in [2.24, 2.45) is 5.92 Å². The molecule has 0 aliphatic rings. The van der Waals surface area contributed by atoms with Crippen LogP contribution in [0.15, 0.2) is 24.3 Å². The molecule has 2 atom stereocenters. The van der Waals surface area contributed by atoms with Crippen molar-refractivity contribution in [2.75, 3.05) is 13.7 Å². The van der Waals surface area contributed by atoms with Crippen LogP contribution in [0.4, 0.5) is 0 Å². The zero-order chi connectivity index (χ0) is 10.6. The van der Waals surface area contributed by atoms with Crippen LogP contribution in [0.2, 0.25) is 0 Å². The number of methoxy groups -OCH3 is 1. The Morgan fingerprint density at radius 3 is 2.29 bits per heavy atom. The van der Waals surface area contributed by atoms with Gasteiger partial charge in [-0.25, -0.2) is 0 Å². The van der Waals surface area contributed by atoms with Crippen molar-refractivity contribution < 1.29 is 14.9 Å². The summed E-state index contributed by atoms with van der Waals surface area (Å²) in [5, 5.41) is 18.6. The Hall–Kier alpha value is -1.06. The highest BCUT2D eigenvalue weighted by molar-refractivity contribution is 5.28. The van der Waals surface area contributed by atoms with Crippen molar-refractivity contribution in [3.8, 4) is 5.75 Å². The van der Waals surface area contributed by atoms with Gasteiger partial charge < -0.3 is 14.9 Å². The molecule has 0 spiro atoms. The summed E-state index contributed by atoms with van der Waals surface area (Å²) in [6.07, 6.45) is -0.620. The third kappa shape index (κ3) is 2.47. The van der Waals surface area contributed by atoms with Gasteiger partial charge in [-0.2, -0.15) is 0 Å². The van der Waals surface area contributed by atoms with Crippen LogP contribution < -0.4 is 4.74 Å². The van der Waals surface area contributed by atoms with Crippen LogP contribution in [0.25, 0.3) is 0 Å². The van der Waals surface area contributed by atoms with Gasteiger partial charge in [-0.1, -0.05) is 19.1 Å². The molecule has 78 valence electrons. The fourth-order valence-corrected chi connectivity index (χ4v) is 1.23. The first kappa shape index (κ1) is 11.0. The summed E-state index contributed by atoms with van der Waals surface area (Å²) >= 11 is 0. The molecule has 1 aromatic rings. The number of aliphatic hydroxyl groups excluding tert-OH is 2. The summed E-state index contributed by atoms with van der Waals surface area (Å²) in [7, 11) is 1.60. The van der Waals surface area contributed by atoms with E-state index in [1.807, 2.05) is 0 Å². The summed E-state index contributed by atoms with van der Waals surface area (Å²) in [5.74, 6) is 0.612. The van der Waals surface area contributed by atoms with E-state index in [0.29, 0.717) is 0 Å². The third-order valence-electron chi connectivity index (χ3n) is 2.28. The van der Waals surface area contributed by atoms with Crippen LogP contribution in [-0.2, 0) is 0 Å². The lowest BCUT2D eigenvalue weighted by Gasteiger charge is -2.16. The molecule has 0 heterocycles. The molecule has 0 fully saturated rings. The minimum atomic E-state index is -0.620. The molecule has 0 amide bonds. The Balaban J connectivity index is 2.75. The smallest absolute Gasteiger partial charge is 0.118 e. The topological polar surface area (TPSA) is 49.7 Å². The van der Waals surface area contributed by atoms with E-state index in [9.17, 15) is 5.11 Å². The molecule has 0 aliphatic carbocycles. The second-order valence-electron chi connectivity index (χ2n) is 3.38. The number of ether oxygens (including phenoxy) is 1. The fraction of sp³-hybridized carbons (Fsp3) is 0.455. The molecule has 1 aromatic carbocycles. The molecule has 0 radical (unpaired) electrons. The van der Waals surface area contributed by atoms with E-state index < -0.39 is 6.10 Å². The Labute approximate surface area is 84.0 Å². The highest BCUT2D eigenvalue weighted by atomic mass is 16.5. The van der Waals surface area contributed by atoms with Gasteiger partial charge in [0.1, 0.15) is 5.75 Å². The molecule has 3 heteroatoms. The Bertz CT molecular complexity index is 268. The first-order valence-electron chi connectivity index (χ1n) is 4.62. The van der Waals surface area contributed by atoms with Gasteiger partial charge in [0.15, 0.2) is 0 Å². The SMILES string of the molecule is COc1ccc([C@@H](O)[C@H](C)CO)cc1. The van der Waals surface area contributed by atoms with Crippen LogP contribution >= 0.6 is 0 Å². The Kier molecular flexibility index (Phi) is 3.92. The first-order valence-corrected chi connectivity index (χ1v) is 4.62. The molecular weight excluding hydrogens is 180 g/mol. The van der Waals surface area contributed by atoms with Crippen LogP contribution in [-0.4, -0.2) is 23.9 Å². The van der Waals surface area contributed by atoms with E-state index in [4.69, 9.17) is 9.84 Å². The molecule has 3 nitrogen and oxygen atoms in total. The Morgan fingerprint density at radius 1 is 1.29 bits per heavy atom. The van der Waals surface area contributed by atoms with Crippen molar-refractivity contribution in [3.05, 3.63) is 29.8 Å². The van der Waals surface area contributed by atoms with Crippen molar-refractivity contribution >= 4 is 0 Å². The van der Waals surface area contributed by atoms with Gasteiger partial charge in [0.25, 0.3) is 0 Å². The minimum Gasteiger partial charge on any atom is -0.497 e.